The average molecular weight is 164 g/mol. The summed E-state index contributed by atoms with van der Waals surface area (Å²) in [4.78, 5) is 0. The molecule has 1 rings (SSSR count). The predicted molar refractivity (Wildman–Crippen MR) is 46.4 cm³/mol. The normalized spacial score (nSPS) is 13.8. The van der Waals surface area contributed by atoms with Crippen molar-refractivity contribution in [3.8, 4) is 0 Å². The van der Waals surface area contributed by atoms with Crippen molar-refractivity contribution >= 4 is 0 Å². The molecule has 0 spiro atoms. The molecule has 0 radical (unpaired) electrons. The van der Waals surface area contributed by atoms with Gasteiger partial charge in [-0.3, -0.25) is 0 Å². The molecule has 0 aromatic carbocycles. The van der Waals surface area contributed by atoms with Gasteiger partial charge in [-0.1, -0.05) is 5.73 Å². The number of hydrogen-bond acceptors (Lipinski definition) is 2. The molecule has 1 aliphatic carbocycles. The summed E-state index contributed by atoms with van der Waals surface area (Å²) in [6.07, 6.45) is 3.58. The summed E-state index contributed by atoms with van der Waals surface area (Å²) in [5, 5.41) is 0. The third-order valence-electron chi connectivity index (χ3n) is 1.32. The number of hydrogen-bond donors (Lipinski definition) is 0. The van der Waals surface area contributed by atoms with E-state index in [4.69, 9.17) is 9.47 Å². The van der Waals surface area contributed by atoms with Crippen LogP contribution in [0, 0.1) is 0 Å². The molecule has 0 unspecified atom stereocenters. The Hall–Kier alpha value is -1.36. The first-order valence-electron chi connectivity index (χ1n) is 4.06. The van der Waals surface area contributed by atoms with E-state index < -0.39 is 0 Å². The van der Waals surface area contributed by atoms with E-state index in [2.05, 4.69) is 11.5 Å². The van der Waals surface area contributed by atoms with Gasteiger partial charge in [-0.25, -0.2) is 0 Å². The Morgan fingerprint density at radius 1 is 1.25 bits per heavy atom. The lowest BCUT2D eigenvalue weighted by molar-refractivity contribution is 0.165. The maximum Gasteiger partial charge on any atom is 0.213 e. The van der Waals surface area contributed by atoms with Crippen LogP contribution in [0.2, 0.25) is 0 Å². The minimum absolute atomic E-state index is 0.619. The second-order valence-corrected chi connectivity index (χ2v) is 2.16. The van der Waals surface area contributed by atoms with E-state index in [1.807, 2.05) is 19.9 Å². The van der Waals surface area contributed by atoms with Crippen LogP contribution in [0.25, 0.3) is 0 Å². The highest BCUT2D eigenvalue weighted by molar-refractivity contribution is 5.27. The van der Waals surface area contributed by atoms with Gasteiger partial charge in [0.25, 0.3) is 0 Å². The van der Waals surface area contributed by atoms with Crippen molar-refractivity contribution in [1.29, 1.82) is 0 Å². The number of rotatable bonds is 4. The van der Waals surface area contributed by atoms with E-state index in [1.165, 1.54) is 0 Å². The maximum absolute atomic E-state index is 5.31. The van der Waals surface area contributed by atoms with Gasteiger partial charge in [0, 0.05) is 0 Å². The molecular formula is C10H12O2. The van der Waals surface area contributed by atoms with Crippen LogP contribution >= 0.6 is 0 Å². The van der Waals surface area contributed by atoms with Gasteiger partial charge >= 0.3 is 0 Å². The highest BCUT2D eigenvalue weighted by Crippen LogP contribution is 2.13. The van der Waals surface area contributed by atoms with Crippen molar-refractivity contribution in [1.82, 2.24) is 0 Å². The molecule has 0 aliphatic heterocycles. The van der Waals surface area contributed by atoms with Gasteiger partial charge in [0.05, 0.1) is 13.2 Å². The van der Waals surface area contributed by atoms with E-state index >= 15 is 0 Å². The van der Waals surface area contributed by atoms with E-state index in [-0.39, 0.29) is 0 Å². The molecular weight excluding hydrogens is 152 g/mol. The molecule has 0 atom stereocenters. The lowest BCUT2D eigenvalue weighted by atomic mass is 10.3. The second kappa shape index (κ2) is 4.50. The molecule has 0 aromatic rings. The smallest absolute Gasteiger partial charge is 0.213 e. The van der Waals surface area contributed by atoms with E-state index in [9.17, 15) is 0 Å². The number of allylic oxidation sites excluding steroid dienone is 2. The zero-order chi connectivity index (χ0) is 8.81. The standard InChI is InChI=1S/C10H12O2/c1-3-11-9-7-5-6-8-10(9)12-4-2/h5,7H,3-4H2,1-2H3. The monoisotopic (exact) mass is 164 g/mol. The first-order chi connectivity index (χ1) is 5.88. The van der Waals surface area contributed by atoms with E-state index in [0.717, 1.165) is 5.76 Å². The largest absolute Gasteiger partial charge is 0.489 e. The molecule has 0 bridgehead atoms. The van der Waals surface area contributed by atoms with Gasteiger partial charge in [-0.05, 0) is 31.7 Å². The van der Waals surface area contributed by atoms with Crippen LogP contribution < -0.4 is 0 Å². The highest BCUT2D eigenvalue weighted by atomic mass is 16.5. The number of ether oxygens (including phenoxy) is 2. The van der Waals surface area contributed by atoms with Gasteiger partial charge in [-0.2, -0.15) is 0 Å². The average Bonchev–Trinajstić information content (AvgIpc) is 2.09. The van der Waals surface area contributed by atoms with Crippen molar-refractivity contribution in [3.05, 3.63) is 35.1 Å². The molecule has 1 aliphatic rings. The summed E-state index contributed by atoms with van der Waals surface area (Å²) in [5.41, 5.74) is 5.67. The Balaban J connectivity index is 2.72. The van der Waals surface area contributed by atoms with Gasteiger partial charge in [-0.15, -0.1) is 0 Å². The highest BCUT2D eigenvalue weighted by Gasteiger charge is 2.06. The molecule has 0 saturated carbocycles. The minimum Gasteiger partial charge on any atom is -0.489 e. The van der Waals surface area contributed by atoms with E-state index in [0.29, 0.717) is 19.0 Å². The Kier molecular flexibility index (Phi) is 3.28. The summed E-state index contributed by atoms with van der Waals surface area (Å²) in [6.45, 7) is 5.12. The van der Waals surface area contributed by atoms with Crippen molar-refractivity contribution in [2.75, 3.05) is 13.2 Å². The first-order valence-corrected chi connectivity index (χ1v) is 4.06. The molecule has 0 aromatic heterocycles. The quantitative estimate of drug-likeness (QED) is 0.593. The topological polar surface area (TPSA) is 18.5 Å². The molecule has 0 amide bonds. The third kappa shape index (κ3) is 2.06. The van der Waals surface area contributed by atoms with E-state index in [1.54, 1.807) is 6.08 Å². The van der Waals surface area contributed by atoms with Gasteiger partial charge in [0.15, 0.2) is 5.76 Å². The molecule has 0 saturated heterocycles. The lowest BCUT2D eigenvalue weighted by Gasteiger charge is -2.10. The SMILES string of the molecule is CCOC1=C=C=CC=C1OCC. The Bertz CT molecular complexity index is 274. The summed E-state index contributed by atoms with van der Waals surface area (Å²) < 4.78 is 10.6. The molecule has 0 fully saturated rings. The van der Waals surface area contributed by atoms with Gasteiger partial charge in [0.2, 0.25) is 5.76 Å². The Morgan fingerprint density at radius 3 is 2.67 bits per heavy atom. The maximum atomic E-state index is 5.31. The third-order valence-corrected chi connectivity index (χ3v) is 1.32. The predicted octanol–water partition coefficient (Wildman–Crippen LogP) is 2.15. The van der Waals surface area contributed by atoms with Crippen molar-refractivity contribution in [2.45, 2.75) is 13.8 Å². The summed E-state index contributed by atoms with van der Waals surface area (Å²) in [7, 11) is 0. The zero-order valence-electron chi connectivity index (χ0n) is 7.39. The molecule has 2 nitrogen and oxygen atoms in total. The molecule has 0 heterocycles. The Morgan fingerprint density at radius 2 is 2.00 bits per heavy atom. The first kappa shape index (κ1) is 8.73. The van der Waals surface area contributed by atoms with Crippen LogP contribution in [0.3, 0.4) is 0 Å². The van der Waals surface area contributed by atoms with Crippen LogP contribution in [0.5, 0.6) is 0 Å². The molecule has 2 heteroatoms. The van der Waals surface area contributed by atoms with Crippen LogP contribution in [0.15, 0.2) is 35.1 Å². The second-order valence-electron chi connectivity index (χ2n) is 2.16. The van der Waals surface area contributed by atoms with Crippen LogP contribution in [0.1, 0.15) is 13.8 Å². The van der Waals surface area contributed by atoms with Crippen LogP contribution in [-0.4, -0.2) is 13.2 Å². The van der Waals surface area contributed by atoms with Gasteiger partial charge in [0.1, 0.15) is 0 Å². The summed E-state index contributed by atoms with van der Waals surface area (Å²) >= 11 is 0. The van der Waals surface area contributed by atoms with Crippen molar-refractivity contribution in [3.63, 3.8) is 0 Å². The van der Waals surface area contributed by atoms with Crippen molar-refractivity contribution < 1.29 is 9.47 Å². The van der Waals surface area contributed by atoms with Gasteiger partial charge < -0.3 is 9.47 Å². The van der Waals surface area contributed by atoms with Crippen LogP contribution in [0.4, 0.5) is 0 Å². The summed E-state index contributed by atoms with van der Waals surface area (Å²) in [6, 6.07) is 0. The molecule has 64 valence electrons. The molecule has 0 N–H and O–H groups in total. The minimum atomic E-state index is 0.619. The Labute approximate surface area is 72.5 Å². The summed E-state index contributed by atoms with van der Waals surface area (Å²) in [5.74, 6) is 1.37. The fraction of sp³-hybridized carbons (Fsp3) is 0.400. The van der Waals surface area contributed by atoms with Crippen LogP contribution in [-0.2, 0) is 9.47 Å². The van der Waals surface area contributed by atoms with Crippen molar-refractivity contribution in [2.24, 2.45) is 0 Å². The fourth-order valence-corrected chi connectivity index (χ4v) is 0.883. The lowest BCUT2D eigenvalue weighted by Crippen LogP contribution is -2.00. The fourth-order valence-electron chi connectivity index (χ4n) is 0.883. The zero-order valence-corrected chi connectivity index (χ0v) is 7.39. The molecule has 12 heavy (non-hydrogen) atoms.